The Balaban J connectivity index is 2.53. The van der Waals surface area contributed by atoms with Gasteiger partial charge in [-0.2, -0.15) is 0 Å². The van der Waals surface area contributed by atoms with Gasteiger partial charge in [0.25, 0.3) is 11.8 Å². The molecule has 0 saturated heterocycles. The molecule has 1 heterocycles. The second kappa shape index (κ2) is 4.07. The Labute approximate surface area is 106 Å². The number of hydrogen-bond acceptors (Lipinski definition) is 2. The van der Waals surface area contributed by atoms with E-state index in [-0.39, 0.29) is 10.4 Å². The lowest BCUT2D eigenvalue weighted by atomic mass is 10.1. The van der Waals surface area contributed by atoms with E-state index in [1.165, 1.54) is 18.2 Å². The molecule has 0 aromatic heterocycles. The number of rotatable bonds is 1. The van der Waals surface area contributed by atoms with Crippen LogP contribution < -0.4 is 4.90 Å². The first kappa shape index (κ1) is 12.0. The van der Waals surface area contributed by atoms with Gasteiger partial charge in [0.1, 0.15) is 5.82 Å². The van der Waals surface area contributed by atoms with Crippen LogP contribution in [0.4, 0.5) is 10.1 Å². The molecule has 0 atom stereocenters. The number of imide groups is 1. The van der Waals surface area contributed by atoms with E-state index in [4.69, 9.17) is 0 Å². The summed E-state index contributed by atoms with van der Waals surface area (Å²) in [6, 6.07) is 2.72. The van der Waals surface area contributed by atoms with Crippen LogP contribution in [-0.2, 0) is 9.59 Å². The van der Waals surface area contributed by atoms with Gasteiger partial charge in [0.05, 0.1) is 10.2 Å². The summed E-state index contributed by atoms with van der Waals surface area (Å²) in [6.07, 6.45) is 1.28. The first-order chi connectivity index (χ1) is 7.91. The Bertz CT molecular complexity index is 566. The Morgan fingerprint density at radius 2 is 1.88 bits per heavy atom. The van der Waals surface area contributed by atoms with E-state index >= 15 is 0 Å². The predicted molar refractivity (Wildman–Crippen MR) is 65.1 cm³/mol. The van der Waals surface area contributed by atoms with Gasteiger partial charge >= 0.3 is 0 Å². The summed E-state index contributed by atoms with van der Waals surface area (Å²) in [5, 5.41) is 0. The van der Waals surface area contributed by atoms with E-state index in [1.807, 2.05) is 0 Å². The highest BCUT2D eigenvalue weighted by Gasteiger charge is 2.31. The van der Waals surface area contributed by atoms with E-state index in [9.17, 15) is 14.0 Å². The van der Waals surface area contributed by atoms with Gasteiger partial charge < -0.3 is 0 Å². The van der Waals surface area contributed by atoms with Crippen LogP contribution >= 0.6 is 15.9 Å². The molecule has 0 N–H and O–H groups in total. The molecule has 88 valence electrons. The van der Waals surface area contributed by atoms with Gasteiger partial charge in [-0.1, -0.05) is 0 Å². The Kier molecular flexibility index (Phi) is 2.87. The highest BCUT2D eigenvalue weighted by molar-refractivity contribution is 9.10. The third kappa shape index (κ3) is 1.91. The van der Waals surface area contributed by atoms with Crippen LogP contribution in [0, 0.1) is 12.7 Å². The van der Waals surface area contributed by atoms with Crippen LogP contribution in [-0.4, -0.2) is 11.8 Å². The van der Waals surface area contributed by atoms with Crippen LogP contribution in [0.5, 0.6) is 0 Å². The number of hydrogen-bond donors (Lipinski definition) is 0. The maximum absolute atomic E-state index is 13.3. The molecule has 0 bridgehead atoms. The largest absolute Gasteiger partial charge is 0.269 e. The van der Waals surface area contributed by atoms with Gasteiger partial charge in [0, 0.05) is 11.6 Å². The first-order valence-corrected chi connectivity index (χ1v) is 5.73. The number of nitrogens with zero attached hydrogens (tertiary/aromatic N) is 1. The number of carbonyl (C=O) groups excluding carboxylic acids is 2. The summed E-state index contributed by atoms with van der Waals surface area (Å²) >= 11 is 3.04. The zero-order valence-corrected chi connectivity index (χ0v) is 10.8. The van der Waals surface area contributed by atoms with Crippen molar-refractivity contribution in [2.24, 2.45) is 0 Å². The maximum Gasteiger partial charge on any atom is 0.261 e. The molecule has 2 amide bonds. The lowest BCUT2D eigenvalue weighted by Crippen LogP contribution is -2.31. The van der Waals surface area contributed by atoms with Gasteiger partial charge in [-0.3, -0.25) is 9.59 Å². The summed E-state index contributed by atoms with van der Waals surface area (Å²) < 4.78 is 13.5. The molecular weight excluding hydrogens is 289 g/mol. The van der Waals surface area contributed by atoms with Crippen molar-refractivity contribution in [3.8, 4) is 0 Å². The molecule has 2 rings (SSSR count). The second-order valence-electron chi connectivity index (χ2n) is 3.86. The Hall–Kier alpha value is -1.49. The second-order valence-corrected chi connectivity index (χ2v) is 4.71. The molecule has 0 unspecified atom stereocenters. The molecule has 0 radical (unpaired) electrons. The highest BCUT2D eigenvalue weighted by Crippen LogP contribution is 2.30. The summed E-state index contributed by atoms with van der Waals surface area (Å²) in [5.41, 5.74) is 1.33. The molecule has 0 fully saturated rings. The molecule has 0 saturated carbocycles. The van der Waals surface area contributed by atoms with Crippen LogP contribution in [0.25, 0.3) is 0 Å². The molecule has 17 heavy (non-hydrogen) atoms. The number of carbonyl (C=O) groups is 2. The summed E-state index contributed by atoms with van der Waals surface area (Å²) in [5.74, 6) is -1.18. The highest BCUT2D eigenvalue weighted by atomic mass is 79.9. The standard InChI is InChI=1S/C12H9BrFNO2/c1-6-3-9(14)8(13)5-10(6)15-11(16)4-7(2)12(15)17/h3-5H,1-2H3. The third-order valence-corrected chi connectivity index (χ3v) is 3.19. The lowest BCUT2D eigenvalue weighted by molar-refractivity contribution is -0.120. The van der Waals surface area contributed by atoms with Gasteiger partial charge in [0.2, 0.25) is 0 Å². The third-order valence-electron chi connectivity index (χ3n) is 2.58. The van der Waals surface area contributed by atoms with Crippen molar-refractivity contribution < 1.29 is 14.0 Å². The van der Waals surface area contributed by atoms with Crippen LogP contribution in [0.1, 0.15) is 12.5 Å². The van der Waals surface area contributed by atoms with Crippen molar-refractivity contribution >= 4 is 33.4 Å². The van der Waals surface area contributed by atoms with Gasteiger partial charge in [-0.25, -0.2) is 9.29 Å². The molecule has 0 aliphatic carbocycles. The number of benzene rings is 1. The topological polar surface area (TPSA) is 37.4 Å². The number of amides is 2. The monoisotopic (exact) mass is 297 g/mol. The average molecular weight is 298 g/mol. The normalized spacial score (nSPS) is 15.5. The minimum Gasteiger partial charge on any atom is -0.269 e. The van der Waals surface area contributed by atoms with Crippen molar-refractivity contribution in [2.75, 3.05) is 4.90 Å². The van der Waals surface area contributed by atoms with Crippen molar-refractivity contribution in [1.82, 2.24) is 0 Å². The Morgan fingerprint density at radius 1 is 1.24 bits per heavy atom. The predicted octanol–water partition coefficient (Wildman–Crippen LogP) is 2.72. The van der Waals surface area contributed by atoms with E-state index < -0.39 is 11.7 Å². The van der Waals surface area contributed by atoms with Crippen molar-refractivity contribution in [3.63, 3.8) is 0 Å². The lowest BCUT2D eigenvalue weighted by Gasteiger charge is -2.17. The van der Waals surface area contributed by atoms with Crippen molar-refractivity contribution in [3.05, 3.63) is 39.6 Å². The van der Waals surface area contributed by atoms with E-state index in [0.29, 0.717) is 16.8 Å². The van der Waals surface area contributed by atoms with Gasteiger partial charge in [0.15, 0.2) is 0 Å². The quantitative estimate of drug-likeness (QED) is 0.748. The molecule has 1 aromatic carbocycles. The fraction of sp³-hybridized carbons (Fsp3) is 0.167. The van der Waals surface area contributed by atoms with E-state index in [2.05, 4.69) is 15.9 Å². The summed E-state index contributed by atoms with van der Waals surface area (Å²) in [4.78, 5) is 24.5. The molecule has 5 heteroatoms. The van der Waals surface area contributed by atoms with Gasteiger partial charge in [-0.15, -0.1) is 0 Å². The minimum atomic E-state index is -0.421. The maximum atomic E-state index is 13.3. The van der Waals surface area contributed by atoms with Crippen LogP contribution in [0.15, 0.2) is 28.3 Å². The van der Waals surface area contributed by atoms with Crippen molar-refractivity contribution in [1.29, 1.82) is 0 Å². The zero-order valence-electron chi connectivity index (χ0n) is 9.25. The number of aryl methyl sites for hydroxylation is 1. The SMILES string of the molecule is CC1=CC(=O)N(c2cc(Br)c(F)cc2C)C1=O. The fourth-order valence-electron chi connectivity index (χ4n) is 1.69. The summed E-state index contributed by atoms with van der Waals surface area (Å²) in [7, 11) is 0. The van der Waals surface area contributed by atoms with Crippen molar-refractivity contribution in [2.45, 2.75) is 13.8 Å². The molecular formula is C12H9BrFNO2. The smallest absolute Gasteiger partial charge is 0.261 e. The van der Waals surface area contributed by atoms with Crippen LogP contribution in [0.3, 0.4) is 0 Å². The summed E-state index contributed by atoms with van der Waals surface area (Å²) in [6.45, 7) is 3.23. The van der Waals surface area contributed by atoms with E-state index in [1.54, 1.807) is 13.8 Å². The Morgan fingerprint density at radius 3 is 2.41 bits per heavy atom. The van der Waals surface area contributed by atoms with Gasteiger partial charge in [-0.05, 0) is 47.5 Å². The molecule has 1 aromatic rings. The molecule has 1 aliphatic rings. The first-order valence-electron chi connectivity index (χ1n) is 4.94. The molecule has 1 aliphatic heterocycles. The fourth-order valence-corrected chi connectivity index (χ4v) is 2.02. The number of anilines is 1. The minimum absolute atomic E-state index is 0.225. The average Bonchev–Trinajstić information content (AvgIpc) is 2.48. The zero-order chi connectivity index (χ0) is 12.7. The van der Waals surface area contributed by atoms with E-state index in [0.717, 1.165) is 4.90 Å². The molecule has 3 nitrogen and oxygen atoms in total. The number of halogens is 2. The van der Waals surface area contributed by atoms with Crippen LogP contribution in [0.2, 0.25) is 0 Å². The molecule has 0 spiro atoms.